The van der Waals surface area contributed by atoms with Crippen LogP contribution in [0.15, 0.2) is 10.2 Å². The second kappa shape index (κ2) is 6.29. The average molecular weight is 312 g/mol. The third kappa shape index (κ3) is 4.48. The van der Waals surface area contributed by atoms with Gasteiger partial charge in [-0.2, -0.15) is 0 Å². The van der Waals surface area contributed by atoms with E-state index < -0.39 is 12.1 Å². The molecule has 2 aliphatic rings. The lowest BCUT2D eigenvalue weighted by molar-refractivity contribution is -0.894. The highest BCUT2D eigenvalue weighted by Crippen LogP contribution is 2.10. The number of carbonyl (C=O) groups excluding carboxylic acids is 2. The molecule has 2 aliphatic heterocycles. The Morgan fingerprint density at radius 2 is 0.955 bits per heavy atom. The third-order valence-electron chi connectivity index (χ3n) is 4.66. The zero-order chi connectivity index (χ0) is 16.4. The molecule has 2 fully saturated rings. The molecular formula is C14H28N6O2+2. The van der Waals surface area contributed by atoms with Gasteiger partial charge in [-0.05, 0) is 0 Å². The molecule has 124 valence electrons. The predicted octanol–water partition coefficient (Wildman–Crippen LogP) is 0.463. The zero-order valence-corrected chi connectivity index (χ0v) is 14.2. The number of nitrogens with zero attached hydrogens (tertiary/aromatic N) is 6. The number of likely N-dealkylation sites (N-methyl/N-ethyl adjacent to an activating group) is 2. The summed E-state index contributed by atoms with van der Waals surface area (Å²) in [5.41, 5.74) is 0. The summed E-state index contributed by atoms with van der Waals surface area (Å²) >= 11 is 0. The van der Waals surface area contributed by atoms with Crippen molar-refractivity contribution in [3.8, 4) is 0 Å². The Hall–Kier alpha value is -1.54. The van der Waals surface area contributed by atoms with Crippen LogP contribution in [0.3, 0.4) is 0 Å². The number of urea groups is 2. The molecular weight excluding hydrogens is 284 g/mol. The number of azo groups is 1. The van der Waals surface area contributed by atoms with Gasteiger partial charge < -0.3 is 18.8 Å². The first-order chi connectivity index (χ1) is 10.2. The van der Waals surface area contributed by atoms with E-state index in [1.54, 1.807) is 9.80 Å². The van der Waals surface area contributed by atoms with Gasteiger partial charge >= 0.3 is 12.1 Å². The Balaban J connectivity index is 1.81. The molecule has 0 bridgehead atoms. The van der Waals surface area contributed by atoms with Gasteiger partial charge in [0.25, 0.3) is 0 Å². The number of piperazine rings is 2. The molecule has 2 saturated heterocycles. The zero-order valence-electron chi connectivity index (χ0n) is 14.2. The summed E-state index contributed by atoms with van der Waals surface area (Å²) in [6.07, 6.45) is 0. The van der Waals surface area contributed by atoms with Crippen LogP contribution in [-0.4, -0.2) is 111 Å². The van der Waals surface area contributed by atoms with Crippen molar-refractivity contribution in [2.75, 3.05) is 80.5 Å². The first-order valence-corrected chi connectivity index (χ1v) is 7.82. The molecule has 0 aliphatic carbocycles. The molecule has 2 rings (SSSR count). The highest BCUT2D eigenvalue weighted by Gasteiger charge is 2.29. The van der Waals surface area contributed by atoms with E-state index in [1.807, 2.05) is 0 Å². The molecule has 0 spiro atoms. The average Bonchev–Trinajstić information content (AvgIpc) is 2.44. The van der Waals surface area contributed by atoms with Crippen LogP contribution in [0, 0.1) is 0 Å². The normalized spacial score (nSPS) is 24.5. The van der Waals surface area contributed by atoms with Gasteiger partial charge in [-0.15, -0.1) is 0 Å². The summed E-state index contributed by atoms with van der Waals surface area (Å²) in [4.78, 5) is 27.3. The maximum Gasteiger partial charge on any atom is 0.362 e. The fourth-order valence-corrected chi connectivity index (χ4v) is 2.61. The van der Waals surface area contributed by atoms with Crippen LogP contribution in [0.25, 0.3) is 0 Å². The van der Waals surface area contributed by atoms with Crippen LogP contribution in [-0.2, 0) is 0 Å². The standard InChI is InChI=1S/C14H28N6O2/c1-19(2)9-5-17(6-10-19)13(21)15-16-14(22)18-7-11-20(3,4)12-8-18/h5-12H2,1-4H3/q+2. The molecule has 0 saturated carbocycles. The monoisotopic (exact) mass is 312 g/mol. The van der Waals surface area contributed by atoms with Gasteiger partial charge in [-0.1, -0.05) is 10.2 Å². The largest absolute Gasteiger partial charge is 0.362 e. The Kier molecular flexibility index (Phi) is 4.81. The molecule has 0 unspecified atom stereocenters. The summed E-state index contributed by atoms with van der Waals surface area (Å²) < 4.78 is 1.81. The van der Waals surface area contributed by atoms with Crippen LogP contribution in [0.5, 0.6) is 0 Å². The van der Waals surface area contributed by atoms with E-state index in [0.717, 1.165) is 35.1 Å². The highest BCUT2D eigenvalue weighted by atomic mass is 16.2. The number of amides is 4. The molecule has 0 N–H and O–H groups in total. The summed E-state index contributed by atoms with van der Waals surface area (Å²) in [5.74, 6) is 0. The molecule has 22 heavy (non-hydrogen) atoms. The van der Waals surface area contributed by atoms with Crippen molar-refractivity contribution in [2.24, 2.45) is 10.2 Å². The van der Waals surface area contributed by atoms with Crippen molar-refractivity contribution in [1.29, 1.82) is 0 Å². The maximum absolute atomic E-state index is 12.0. The molecule has 0 radical (unpaired) electrons. The van der Waals surface area contributed by atoms with Crippen LogP contribution >= 0.6 is 0 Å². The van der Waals surface area contributed by atoms with E-state index in [1.165, 1.54) is 0 Å². The molecule has 0 aromatic carbocycles. The molecule has 8 nitrogen and oxygen atoms in total. The lowest BCUT2D eigenvalue weighted by atomic mass is 10.3. The maximum atomic E-state index is 12.0. The summed E-state index contributed by atoms with van der Waals surface area (Å²) in [5, 5.41) is 7.23. The van der Waals surface area contributed by atoms with Gasteiger partial charge in [0, 0.05) is 0 Å². The van der Waals surface area contributed by atoms with E-state index in [2.05, 4.69) is 38.4 Å². The number of quaternary nitrogens is 2. The van der Waals surface area contributed by atoms with Crippen LogP contribution in [0.2, 0.25) is 0 Å². The van der Waals surface area contributed by atoms with Crippen molar-refractivity contribution in [3.05, 3.63) is 0 Å². The van der Waals surface area contributed by atoms with Gasteiger partial charge in [-0.3, -0.25) is 0 Å². The summed E-state index contributed by atoms with van der Waals surface area (Å²) in [6.45, 7) is 6.23. The smallest absolute Gasteiger partial charge is 0.326 e. The minimum Gasteiger partial charge on any atom is -0.326 e. The van der Waals surface area contributed by atoms with Crippen molar-refractivity contribution < 1.29 is 18.6 Å². The SMILES string of the molecule is C[N+]1(C)CCN(C(=O)N=NC(=O)N2CC[N+](C)(C)CC2)CC1. The van der Waals surface area contributed by atoms with Crippen molar-refractivity contribution in [2.45, 2.75) is 0 Å². The molecule has 0 atom stereocenters. The first-order valence-electron chi connectivity index (χ1n) is 7.82. The van der Waals surface area contributed by atoms with E-state index in [4.69, 9.17) is 0 Å². The Morgan fingerprint density at radius 1 is 0.682 bits per heavy atom. The van der Waals surface area contributed by atoms with Crippen molar-refractivity contribution >= 4 is 12.1 Å². The molecule has 8 heteroatoms. The minimum atomic E-state index is -0.402. The second-order valence-electron chi connectivity index (χ2n) is 7.51. The molecule has 0 aromatic heterocycles. The number of rotatable bonds is 0. The van der Waals surface area contributed by atoms with Crippen molar-refractivity contribution in [3.63, 3.8) is 0 Å². The lowest BCUT2D eigenvalue weighted by Gasteiger charge is -2.38. The quantitative estimate of drug-likeness (QED) is 0.482. The van der Waals surface area contributed by atoms with Crippen LogP contribution in [0.4, 0.5) is 9.59 Å². The molecule has 4 amide bonds. The van der Waals surface area contributed by atoms with Gasteiger partial charge in [0.05, 0.1) is 80.5 Å². The van der Waals surface area contributed by atoms with E-state index >= 15 is 0 Å². The number of carbonyl (C=O) groups is 2. The minimum absolute atomic E-state index is 0.402. The van der Waals surface area contributed by atoms with Gasteiger partial charge in [0.1, 0.15) is 0 Å². The predicted molar refractivity (Wildman–Crippen MR) is 82.5 cm³/mol. The fourth-order valence-electron chi connectivity index (χ4n) is 2.61. The van der Waals surface area contributed by atoms with Crippen molar-refractivity contribution in [1.82, 2.24) is 9.80 Å². The third-order valence-corrected chi connectivity index (χ3v) is 4.66. The molecule has 2 heterocycles. The summed E-state index contributed by atoms with van der Waals surface area (Å²) in [6, 6.07) is -0.803. The highest BCUT2D eigenvalue weighted by molar-refractivity contribution is 5.79. The van der Waals surface area contributed by atoms with Gasteiger partial charge in [-0.25, -0.2) is 9.59 Å². The second-order valence-corrected chi connectivity index (χ2v) is 7.51. The van der Waals surface area contributed by atoms with E-state index in [9.17, 15) is 9.59 Å². The van der Waals surface area contributed by atoms with E-state index in [0.29, 0.717) is 26.2 Å². The first kappa shape index (κ1) is 16.8. The van der Waals surface area contributed by atoms with Crippen LogP contribution in [0.1, 0.15) is 0 Å². The Morgan fingerprint density at radius 3 is 1.23 bits per heavy atom. The number of hydrogen-bond acceptors (Lipinski definition) is 2. The Bertz CT molecular complexity index is 412. The lowest BCUT2D eigenvalue weighted by Crippen LogP contribution is -2.56. The fraction of sp³-hybridized carbons (Fsp3) is 0.857. The van der Waals surface area contributed by atoms with Gasteiger partial charge in [0.2, 0.25) is 0 Å². The van der Waals surface area contributed by atoms with Crippen LogP contribution < -0.4 is 0 Å². The molecule has 0 aromatic rings. The van der Waals surface area contributed by atoms with Gasteiger partial charge in [0.15, 0.2) is 0 Å². The topological polar surface area (TPSA) is 65.3 Å². The van der Waals surface area contributed by atoms with E-state index in [-0.39, 0.29) is 0 Å². The summed E-state index contributed by atoms with van der Waals surface area (Å²) in [7, 11) is 8.57. The number of hydrogen-bond donors (Lipinski definition) is 0. The Labute approximate surface area is 132 Å².